The first kappa shape index (κ1) is 16.4. The average molecular weight is 294 g/mol. The molecule has 4 heteroatoms. The van der Waals surface area contributed by atoms with E-state index < -0.39 is 0 Å². The van der Waals surface area contributed by atoms with Crippen molar-refractivity contribution in [2.24, 2.45) is 0 Å². The van der Waals surface area contributed by atoms with E-state index in [-0.39, 0.29) is 5.82 Å². The quantitative estimate of drug-likeness (QED) is 0.837. The lowest BCUT2D eigenvalue weighted by Crippen LogP contribution is -2.28. The van der Waals surface area contributed by atoms with Crippen LogP contribution >= 0.6 is 0 Å². The van der Waals surface area contributed by atoms with Crippen molar-refractivity contribution < 1.29 is 9.13 Å². The summed E-state index contributed by atoms with van der Waals surface area (Å²) in [7, 11) is 2.03. The van der Waals surface area contributed by atoms with Crippen LogP contribution in [0.5, 0.6) is 0 Å². The topological polar surface area (TPSA) is 24.5 Å². The largest absolute Gasteiger partial charge is 0.377 e. The van der Waals surface area contributed by atoms with E-state index >= 15 is 0 Å². The number of nitrogens with one attached hydrogen (secondary N) is 1. The molecule has 1 N–H and O–H groups in total. The molecular formula is C17H27FN2O. The first-order valence-corrected chi connectivity index (χ1v) is 7.85. The maximum absolute atomic E-state index is 14.0. The van der Waals surface area contributed by atoms with Crippen LogP contribution in [0.25, 0.3) is 0 Å². The lowest BCUT2D eigenvalue weighted by atomic mass is 10.1. The Morgan fingerprint density at radius 3 is 2.90 bits per heavy atom. The summed E-state index contributed by atoms with van der Waals surface area (Å²) in [5, 5.41) is 3.36. The third-order valence-electron chi connectivity index (χ3n) is 3.80. The third kappa shape index (κ3) is 5.38. The zero-order valence-electron chi connectivity index (χ0n) is 13.4. The lowest BCUT2D eigenvalue weighted by molar-refractivity contribution is 0.0790. The fourth-order valence-corrected chi connectivity index (χ4v) is 2.67. The van der Waals surface area contributed by atoms with Gasteiger partial charge in [0, 0.05) is 37.8 Å². The van der Waals surface area contributed by atoms with E-state index in [2.05, 4.69) is 24.1 Å². The van der Waals surface area contributed by atoms with Gasteiger partial charge in [0.25, 0.3) is 0 Å². The Morgan fingerprint density at radius 1 is 1.43 bits per heavy atom. The minimum absolute atomic E-state index is 0.123. The third-order valence-corrected chi connectivity index (χ3v) is 3.80. The summed E-state index contributed by atoms with van der Waals surface area (Å²) in [5.74, 6) is -0.123. The first-order chi connectivity index (χ1) is 10.0. The molecule has 1 atom stereocenters. The van der Waals surface area contributed by atoms with Crippen LogP contribution in [-0.4, -0.2) is 37.2 Å². The average Bonchev–Trinajstić information content (AvgIpc) is 2.92. The van der Waals surface area contributed by atoms with Crippen molar-refractivity contribution in [3.8, 4) is 0 Å². The van der Waals surface area contributed by atoms with Crippen LogP contribution in [0.15, 0.2) is 18.2 Å². The zero-order chi connectivity index (χ0) is 15.2. The number of rotatable bonds is 7. The Kier molecular flexibility index (Phi) is 6.15. The van der Waals surface area contributed by atoms with Crippen LogP contribution in [-0.2, 0) is 17.8 Å². The number of halogens is 1. The summed E-state index contributed by atoms with van der Waals surface area (Å²) < 4.78 is 19.6. The molecule has 1 heterocycles. The number of ether oxygens (including phenoxy) is 1. The van der Waals surface area contributed by atoms with Gasteiger partial charge in [0.1, 0.15) is 5.82 Å². The molecule has 0 amide bonds. The smallest absolute Gasteiger partial charge is 0.127 e. The molecule has 1 aromatic carbocycles. The van der Waals surface area contributed by atoms with Crippen LogP contribution in [0.4, 0.5) is 4.39 Å². The van der Waals surface area contributed by atoms with Crippen molar-refractivity contribution in [2.75, 3.05) is 20.2 Å². The van der Waals surface area contributed by atoms with Crippen molar-refractivity contribution >= 4 is 0 Å². The molecule has 2 rings (SSSR count). The summed E-state index contributed by atoms with van der Waals surface area (Å²) >= 11 is 0. The summed E-state index contributed by atoms with van der Waals surface area (Å²) in [6.45, 7) is 7.36. The molecular weight excluding hydrogens is 267 g/mol. The molecule has 0 aromatic heterocycles. The Labute approximate surface area is 127 Å². The highest BCUT2D eigenvalue weighted by Crippen LogP contribution is 2.16. The number of benzene rings is 1. The second kappa shape index (κ2) is 7.87. The minimum Gasteiger partial charge on any atom is -0.377 e. The zero-order valence-corrected chi connectivity index (χ0v) is 13.4. The van der Waals surface area contributed by atoms with E-state index in [9.17, 15) is 4.39 Å². The van der Waals surface area contributed by atoms with Gasteiger partial charge in [0.2, 0.25) is 0 Å². The second-order valence-corrected chi connectivity index (χ2v) is 6.29. The SMILES string of the molecule is CC(C)NCc1ccc(F)c(CN(C)CC2CCCO2)c1. The molecule has 118 valence electrons. The van der Waals surface area contributed by atoms with Crippen LogP contribution < -0.4 is 5.32 Å². The van der Waals surface area contributed by atoms with Gasteiger partial charge in [0.15, 0.2) is 0 Å². The molecule has 0 radical (unpaired) electrons. The van der Waals surface area contributed by atoms with E-state index in [0.717, 1.165) is 43.7 Å². The maximum atomic E-state index is 14.0. The van der Waals surface area contributed by atoms with Gasteiger partial charge in [-0.25, -0.2) is 4.39 Å². The summed E-state index contributed by atoms with van der Waals surface area (Å²) in [6.07, 6.45) is 2.57. The van der Waals surface area contributed by atoms with Crippen molar-refractivity contribution in [2.45, 2.75) is 51.9 Å². The molecule has 0 bridgehead atoms. The predicted molar refractivity (Wildman–Crippen MR) is 83.7 cm³/mol. The molecule has 1 saturated heterocycles. The molecule has 0 saturated carbocycles. The highest BCUT2D eigenvalue weighted by molar-refractivity contribution is 5.25. The second-order valence-electron chi connectivity index (χ2n) is 6.29. The number of hydrogen-bond donors (Lipinski definition) is 1. The molecule has 21 heavy (non-hydrogen) atoms. The molecule has 0 spiro atoms. The lowest BCUT2D eigenvalue weighted by Gasteiger charge is -2.21. The first-order valence-electron chi connectivity index (χ1n) is 7.85. The van der Waals surface area contributed by atoms with Crippen molar-refractivity contribution in [3.63, 3.8) is 0 Å². The Bertz CT molecular complexity index is 444. The van der Waals surface area contributed by atoms with E-state index in [1.807, 2.05) is 19.2 Å². The van der Waals surface area contributed by atoms with Crippen molar-refractivity contribution in [3.05, 3.63) is 35.1 Å². The van der Waals surface area contributed by atoms with Gasteiger partial charge in [-0.05, 0) is 31.5 Å². The normalized spacial score (nSPS) is 18.9. The molecule has 3 nitrogen and oxygen atoms in total. The van der Waals surface area contributed by atoms with E-state index in [4.69, 9.17) is 4.74 Å². The highest BCUT2D eigenvalue weighted by atomic mass is 19.1. The molecule has 1 aliphatic heterocycles. The van der Waals surface area contributed by atoms with Gasteiger partial charge in [-0.1, -0.05) is 26.0 Å². The molecule has 1 aliphatic rings. The Balaban J connectivity index is 1.92. The van der Waals surface area contributed by atoms with Crippen LogP contribution in [0.1, 0.15) is 37.8 Å². The Morgan fingerprint density at radius 2 is 2.24 bits per heavy atom. The number of likely N-dealkylation sites (N-methyl/N-ethyl adjacent to an activating group) is 1. The summed E-state index contributed by atoms with van der Waals surface area (Å²) in [5.41, 5.74) is 1.89. The van der Waals surface area contributed by atoms with Gasteiger partial charge in [-0.2, -0.15) is 0 Å². The Hall–Kier alpha value is -0.970. The minimum atomic E-state index is -0.123. The van der Waals surface area contributed by atoms with E-state index in [1.165, 1.54) is 0 Å². The van der Waals surface area contributed by atoms with Gasteiger partial charge < -0.3 is 10.1 Å². The van der Waals surface area contributed by atoms with Crippen LogP contribution in [0.3, 0.4) is 0 Å². The highest BCUT2D eigenvalue weighted by Gasteiger charge is 2.18. The fraction of sp³-hybridized carbons (Fsp3) is 0.647. The van der Waals surface area contributed by atoms with Crippen molar-refractivity contribution in [1.82, 2.24) is 10.2 Å². The van der Waals surface area contributed by atoms with E-state index in [1.54, 1.807) is 6.07 Å². The summed E-state index contributed by atoms with van der Waals surface area (Å²) in [4.78, 5) is 2.15. The fourth-order valence-electron chi connectivity index (χ4n) is 2.67. The maximum Gasteiger partial charge on any atom is 0.127 e. The van der Waals surface area contributed by atoms with Gasteiger partial charge in [-0.15, -0.1) is 0 Å². The van der Waals surface area contributed by atoms with Crippen molar-refractivity contribution in [1.29, 1.82) is 0 Å². The van der Waals surface area contributed by atoms with Crippen LogP contribution in [0.2, 0.25) is 0 Å². The molecule has 1 fully saturated rings. The molecule has 1 unspecified atom stereocenters. The monoisotopic (exact) mass is 294 g/mol. The number of hydrogen-bond acceptors (Lipinski definition) is 3. The number of nitrogens with zero attached hydrogens (tertiary/aromatic N) is 1. The van der Waals surface area contributed by atoms with Crippen LogP contribution in [0, 0.1) is 5.82 Å². The van der Waals surface area contributed by atoms with Gasteiger partial charge in [-0.3, -0.25) is 4.90 Å². The molecule has 0 aliphatic carbocycles. The van der Waals surface area contributed by atoms with E-state index in [0.29, 0.717) is 18.7 Å². The van der Waals surface area contributed by atoms with Gasteiger partial charge in [0.05, 0.1) is 6.10 Å². The standard InChI is InChI=1S/C17H27FN2O/c1-13(2)19-10-14-6-7-17(18)15(9-14)11-20(3)12-16-5-4-8-21-16/h6-7,9,13,16,19H,4-5,8,10-12H2,1-3H3. The predicted octanol–water partition coefficient (Wildman–Crippen LogP) is 2.93. The summed E-state index contributed by atoms with van der Waals surface area (Å²) in [6, 6.07) is 5.83. The molecule has 1 aromatic rings. The van der Waals surface area contributed by atoms with Gasteiger partial charge >= 0.3 is 0 Å².